The van der Waals surface area contributed by atoms with Crippen LogP contribution in [0.1, 0.15) is 18.9 Å². The van der Waals surface area contributed by atoms with Crippen molar-refractivity contribution >= 4 is 34.2 Å². The number of aryl methyl sites for hydroxylation is 1. The second-order valence-electron chi connectivity index (χ2n) is 3.29. The van der Waals surface area contributed by atoms with Crippen molar-refractivity contribution in [2.45, 2.75) is 25.8 Å². The van der Waals surface area contributed by atoms with Crippen LogP contribution in [-0.2, 0) is 6.42 Å². The van der Waals surface area contributed by atoms with Crippen molar-refractivity contribution in [1.29, 1.82) is 0 Å². The molecule has 0 bridgehead atoms. The molecule has 0 spiro atoms. The molecule has 0 radical (unpaired) electrons. The summed E-state index contributed by atoms with van der Waals surface area (Å²) in [6.07, 6.45) is 2.02. The minimum absolute atomic E-state index is 0.261. The molecule has 0 unspecified atom stereocenters. The van der Waals surface area contributed by atoms with E-state index < -0.39 is 0 Å². The van der Waals surface area contributed by atoms with Crippen molar-refractivity contribution in [3.05, 3.63) is 32.4 Å². The fraction of sp³-hybridized carbons (Fsp3) is 0.400. The molecular formula is C10H13ClIN. The molecule has 13 heavy (non-hydrogen) atoms. The SMILES string of the molecule is C[C@H](N)CCc1cc(Cl)cc(I)c1. The summed E-state index contributed by atoms with van der Waals surface area (Å²) in [5.41, 5.74) is 6.95. The summed E-state index contributed by atoms with van der Waals surface area (Å²) in [4.78, 5) is 0. The average Bonchev–Trinajstić information content (AvgIpc) is 1.99. The van der Waals surface area contributed by atoms with Crippen LogP contribution >= 0.6 is 34.2 Å². The number of hydrogen-bond donors (Lipinski definition) is 1. The van der Waals surface area contributed by atoms with Crippen molar-refractivity contribution in [1.82, 2.24) is 0 Å². The third-order valence-electron chi connectivity index (χ3n) is 1.81. The highest BCUT2D eigenvalue weighted by Crippen LogP contribution is 2.17. The summed E-state index contributed by atoms with van der Waals surface area (Å²) in [7, 11) is 0. The lowest BCUT2D eigenvalue weighted by Crippen LogP contribution is -2.15. The van der Waals surface area contributed by atoms with Gasteiger partial charge in [0, 0.05) is 14.6 Å². The molecule has 1 aromatic carbocycles. The summed E-state index contributed by atoms with van der Waals surface area (Å²) in [6.45, 7) is 2.02. The predicted molar refractivity (Wildman–Crippen MR) is 66.1 cm³/mol. The van der Waals surface area contributed by atoms with Crippen LogP contribution in [0.3, 0.4) is 0 Å². The first-order chi connectivity index (χ1) is 6.08. The van der Waals surface area contributed by atoms with E-state index in [4.69, 9.17) is 17.3 Å². The van der Waals surface area contributed by atoms with Gasteiger partial charge in [-0.15, -0.1) is 0 Å². The maximum absolute atomic E-state index is 5.93. The minimum Gasteiger partial charge on any atom is -0.328 e. The molecule has 0 amide bonds. The molecular weight excluding hydrogens is 296 g/mol. The van der Waals surface area contributed by atoms with Gasteiger partial charge in [-0.2, -0.15) is 0 Å². The van der Waals surface area contributed by atoms with Crippen LogP contribution < -0.4 is 5.73 Å². The van der Waals surface area contributed by atoms with E-state index in [9.17, 15) is 0 Å². The second kappa shape index (κ2) is 5.17. The van der Waals surface area contributed by atoms with Crippen molar-refractivity contribution in [2.24, 2.45) is 5.73 Å². The Morgan fingerprint density at radius 3 is 2.69 bits per heavy atom. The molecule has 1 nitrogen and oxygen atoms in total. The van der Waals surface area contributed by atoms with Crippen molar-refractivity contribution in [3.63, 3.8) is 0 Å². The van der Waals surface area contributed by atoms with Gasteiger partial charge in [0.1, 0.15) is 0 Å². The number of benzene rings is 1. The van der Waals surface area contributed by atoms with Gasteiger partial charge in [-0.25, -0.2) is 0 Å². The first-order valence-corrected chi connectivity index (χ1v) is 5.74. The molecule has 3 heteroatoms. The van der Waals surface area contributed by atoms with Crippen LogP contribution in [0.4, 0.5) is 0 Å². The maximum Gasteiger partial charge on any atom is 0.0419 e. The second-order valence-corrected chi connectivity index (χ2v) is 4.98. The summed E-state index contributed by atoms with van der Waals surface area (Å²) in [6, 6.07) is 6.37. The van der Waals surface area contributed by atoms with E-state index >= 15 is 0 Å². The van der Waals surface area contributed by atoms with Gasteiger partial charge in [0.05, 0.1) is 0 Å². The normalized spacial score (nSPS) is 12.9. The molecule has 0 saturated carbocycles. The van der Waals surface area contributed by atoms with Crippen LogP contribution in [0.25, 0.3) is 0 Å². The first kappa shape index (κ1) is 11.3. The molecule has 2 N–H and O–H groups in total. The van der Waals surface area contributed by atoms with Gasteiger partial charge in [-0.1, -0.05) is 11.6 Å². The maximum atomic E-state index is 5.93. The van der Waals surface area contributed by atoms with Crippen LogP contribution in [0.15, 0.2) is 18.2 Å². The molecule has 0 fully saturated rings. The molecule has 0 heterocycles. The summed E-state index contributed by atoms with van der Waals surface area (Å²) in [5, 5.41) is 0.812. The molecule has 0 aromatic heterocycles. The lowest BCUT2D eigenvalue weighted by molar-refractivity contribution is 0.666. The van der Waals surface area contributed by atoms with Gasteiger partial charge in [0.25, 0.3) is 0 Å². The summed E-state index contributed by atoms with van der Waals surface area (Å²) >= 11 is 8.20. The van der Waals surface area contributed by atoms with Crippen LogP contribution in [0.5, 0.6) is 0 Å². The smallest absolute Gasteiger partial charge is 0.0419 e. The topological polar surface area (TPSA) is 26.0 Å². The Balaban J connectivity index is 2.66. The zero-order chi connectivity index (χ0) is 9.84. The quantitative estimate of drug-likeness (QED) is 0.852. The number of hydrogen-bond acceptors (Lipinski definition) is 1. The Kier molecular flexibility index (Phi) is 4.49. The van der Waals surface area contributed by atoms with E-state index in [1.54, 1.807) is 0 Å². The highest BCUT2D eigenvalue weighted by atomic mass is 127. The predicted octanol–water partition coefficient (Wildman–Crippen LogP) is 3.22. The standard InChI is InChI=1S/C10H13ClIN/c1-7(13)2-3-8-4-9(11)6-10(12)5-8/h4-7H,2-3,13H2,1H3/t7-/m0/s1. The molecule has 0 aliphatic carbocycles. The van der Waals surface area contributed by atoms with E-state index in [1.165, 1.54) is 9.13 Å². The lowest BCUT2D eigenvalue weighted by Gasteiger charge is -2.05. The summed E-state index contributed by atoms with van der Waals surface area (Å²) < 4.78 is 1.18. The first-order valence-electron chi connectivity index (χ1n) is 4.28. The fourth-order valence-electron chi connectivity index (χ4n) is 1.15. The third kappa shape index (κ3) is 4.29. The Labute approximate surface area is 97.8 Å². The highest BCUT2D eigenvalue weighted by molar-refractivity contribution is 14.1. The monoisotopic (exact) mass is 309 g/mol. The van der Waals surface area contributed by atoms with E-state index in [1.807, 2.05) is 19.1 Å². The number of halogens is 2. The van der Waals surface area contributed by atoms with Crippen molar-refractivity contribution < 1.29 is 0 Å². The Hall–Kier alpha value is 0.200. The molecule has 1 aromatic rings. The lowest BCUT2D eigenvalue weighted by atomic mass is 10.1. The minimum atomic E-state index is 0.261. The van der Waals surface area contributed by atoms with Gasteiger partial charge >= 0.3 is 0 Å². The zero-order valence-electron chi connectivity index (χ0n) is 7.56. The number of rotatable bonds is 3. The van der Waals surface area contributed by atoms with Crippen molar-refractivity contribution in [3.8, 4) is 0 Å². The van der Waals surface area contributed by atoms with E-state index in [0.717, 1.165) is 17.9 Å². The average molecular weight is 310 g/mol. The van der Waals surface area contributed by atoms with Crippen LogP contribution in [0, 0.1) is 3.57 Å². The molecule has 0 aliphatic heterocycles. The van der Waals surface area contributed by atoms with Crippen molar-refractivity contribution in [2.75, 3.05) is 0 Å². The third-order valence-corrected chi connectivity index (χ3v) is 2.65. The van der Waals surface area contributed by atoms with Gasteiger partial charge in [0.15, 0.2) is 0 Å². The van der Waals surface area contributed by atoms with Gasteiger partial charge in [-0.05, 0) is 66.1 Å². The molecule has 1 atom stereocenters. The van der Waals surface area contributed by atoms with Gasteiger partial charge in [0.2, 0.25) is 0 Å². The van der Waals surface area contributed by atoms with Crippen LogP contribution in [-0.4, -0.2) is 6.04 Å². The molecule has 1 rings (SSSR count). The largest absolute Gasteiger partial charge is 0.328 e. The van der Waals surface area contributed by atoms with E-state index in [2.05, 4.69) is 28.7 Å². The molecule has 0 aliphatic rings. The van der Waals surface area contributed by atoms with E-state index in [-0.39, 0.29) is 6.04 Å². The Morgan fingerprint density at radius 1 is 1.46 bits per heavy atom. The summed E-state index contributed by atoms with van der Waals surface area (Å²) in [5.74, 6) is 0. The van der Waals surface area contributed by atoms with Crippen LogP contribution in [0.2, 0.25) is 5.02 Å². The highest BCUT2D eigenvalue weighted by Gasteiger charge is 1.99. The van der Waals surface area contributed by atoms with Gasteiger partial charge in [-0.3, -0.25) is 0 Å². The fourth-order valence-corrected chi connectivity index (χ4v) is 2.33. The zero-order valence-corrected chi connectivity index (χ0v) is 10.5. The Bertz CT molecular complexity index is 266. The van der Waals surface area contributed by atoms with E-state index in [0.29, 0.717) is 0 Å². The Morgan fingerprint density at radius 2 is 2.15 bits per heavy atom. The molecule has 72 valence electrons. The molecule has 0 saturated heterocycles. The number of nitrogens with two attached hydrogens (primary N) is 1. The van der Waals surface area contributed by atoms with Gasteiger partial charge < -0.3 is 5.73 Å².